The zero-order valence-electron chi connectivity index (χ0n) is 12.1. The summed E-state index contributed by atoms with van der Waals surface area (Å²) in [5.74, 6) is 2.15. The molecule has 1 saturated heterocycles. The summed E-state index contributed by atoms with van der Waals surface area (Å²) in [7, 11) is 1.91. The number of hydrogen-bond acceptors (Lipinski definition) is 5. The minimum atomic E-state index is 0.00969. The molecule has 110 valence electrons. The van der Waals surface area contributed by atoms with Crippen molar-refractivity contribution >= 4 is 0 Å². The molecule has 3 fully saturated rings. The third-order valence-corrected chi connectivity index (χ3v) is 5.61. The molecule has 2 aromatic rings. The first kappa shape index (κ1) is 11.9. The van der Waals surface area contributed by atoms with Crippen LogP contribution in [0.15, 0.2) is 16.9 Å². The molecule has 2 aromatic heterocycles. The van der Waals surface area contributed by atoms with Gasteiger partial charge in [0.1, 0.15) is 0 Å². The summed E-state index contributed by atoms with van der Waals surface area (Å²) in [4.78, 5) is 4.69. The SMILES string of the molecule is Cn1cc(Cc2noc([C@]34C[C@H]3COC43CCC3)n2)cn1. The zero-order chi connectivity index (χ0) is 14.1. The molecule has 2 saturated carbocycles. The fourth-order valence-corrected chi connectivity index (χ4v) is 4.28. The normalized spacial score (nSPS) is 32.1. The van der Waals surface area contributed by atoms with Gasteiger partial charge in [0.15, 0.2) is 5.82 Å². The van der Waals surface area contributed by atoms with Crippen LogP contribution in [0.3, 0.4) is 0 Å². The zero-order valence-corrected chi connectivity index (χ0v) is 12.1. The number of nitrogens with zero attached hydrogens (tertiary/aromatic N) is 4. The molecule has 6 nitrogen and oxygen atoms in total. The lowest BCUT2D eigenvalue weighted by Crippen LogP contribution is -2.48. The monoisotopic (exact) mass is 286 g/mol. The van der Waals surface area contributed by atoms with Gasteiger partial charge in [-0.25, -0.2) is 0 Å². The lowest BCUT2D eigenvalue weighted by molar-refractivity contribution is -0.0960. The molecule has 2 atom stereocenters. The molecule has 0 bridgehead atoms. The predicted octanol–water partition coefficient (Wildman–Crippen LogP) is 1.60. The molecule has 1 aliphatic heterocycles. The van der Waals surface area contributed by atoms with E-state index in [2.05, 4.69) is 10.3 Å². The highest BCUT2D eigenvalue weighted by molar-refractivity contribution is 5.34. The van der Waals surface area contributed by atoms with E-state index in [0.29, 0.717) is 12.3 Å². The van der Waals surface area contributed by atoms with E-state index in [1.807, 2.05) is 19.4 Å². The highest BCUT2D eigenvalue weighted by atomic mass is 16.5. The number of hydrogen-bond donors (Lipinski definition) is 0. The van der Waals surface area contributed by atoms with Gasteiger partial charge in [0.05, 0.1) is 23.8 Å². The van der Waals surface area contributed by atoms with Gasteiger partial charge in [-0.3, -0.25) is 4.68 Å². The van der Waals surface area contributed by atoms with Crippen LogP contribution in [0, 0.1) is 5.92 Å². The van der Waals surface area contributed by atoms with Crippen LogP contribution in [0.4, 0.5) is 0 Å². The molecular formula is C15H18N4O2. The van der Waals surface area contributed by atoms with Crippen LogP contribution in [0.2, 0.25) is 0 Å². The van der Waals surface area contributed by atoms with Gasteiger partial charge in [-0.15, -0.1) is 0 Å². The van der Waals surface area contributed by atoms with E-state index in [4.69, 9.17) is 14.2 Å². The number of aryl methyl sites for hydroxylation is 1. The summed E-state index contributed by atoms with van der Waals surface area (Å²) in [6, 6.07) is 0. The maximum Gasteiger partial charge on any atom is 0.236 e. The van der Waals surface area contributed by atoms with Crippen LogP contribution in [-0.4, -0.2) is 32.1 Å². The Balaban J connectivity index is 1.44. The van der Waals surface area contributed by atoms with Gasteiger partial charge in [0.2, 0.25) is 5.89 Å². The quantitative estimate of drug-likeness (QED) is 0.857. The van der Waals surface area contributed by atoms with E-state index >= 15 is 0 Å². The third-order valence-electron chi connectivity index (χ3n) is 5.61. The first-order chi connectivity index (χ1) is 10.2. The average molecular weight is 286 g/mol. The van der Waals surface area contributed by atoms with Crippen molar-refractivity contribution in [2.24, 2.45) is 13.0 Å². The Morgan fingerprint density at radius 2 is 2.33 bits per heavy atom. The van der Waals surface area contributed by atoms with Crippen LogP contribution < -0.4 is 0 Å². The Kier molecular flexibility index (Phi) is 2.12. The maximum absolute atomic E-state index is 6.09. The molecule has 5 rings (SSSR count). The molecule has 0 unspecified atom stereocenters. The van der Waals surface area contributed by atoms with Crippen molar-refractivity contribution in [1.29, 1.82) is 0 Å². The molecule has 3 heterocycles. The van der Waals surface area contributed by atoms with Crippen molar-refractivity contribution in [2.45, 2.75) is 43.1 Å². The maximum atomic E-state index is 6.09. The second-order valence-electron chi connectivity index (χ2n) is 6.75. The smallest absolute Gasteiger partial charge is 0.236 e. The lowest BCUT2D eigenvalue weighted by Gasteiger charge is -2.43. The molecule has 0 aromatic carbocycles. The summed E-state index contributed by atoms with van der Waals surface area (Å²) < 4.78 is 13.5. The summed E-state index contributed by atoms with van der Waals surface area (Å²) in [5.41, 5.74) is 1.15. The molecule has 0 N–H and O–H groups in total. The molecule has 1 spiro atoms. The van der Waals surface area contributed by atoms with Crippen LogP contribution in [0.1, 0.15) is 43.0 Å². The van der Waals surface area contributed by atoms with Gasteiger partial charge in [-0.2, -0.15) is 10.1 Å². The highest BCUT2D eigenvalue weighted by Crippen LogP contribution is 2.71. The van der Waals surface area contributed by atoms with Crippen molar-refractivity contribution in [3.63, 3.8) is 0 Å². The molecular weight excluding hydrogens is 268 g/mol. The van der Waals surface area contributed by atoms with Crippen molar-refractivity contribution < 1.29 is 9.26 Å². The summed E-state index contributed by atoms with van der Waals surface area (Å²) in [6.45, 7) is 0.861. The van der Waals surface area contributed by atoms with Gasteiger partial charge in [0, 0.05) is 25.6 Å². The largest absolute Gasteiger partial charge is 0.374 e. The van der Waals surface area contributed by atoms with Crippen LogP contribution >= 0.6 is 0 Å². The molecule has 6 heteroatoms. The van der Waals surface area contributed by atoms with Crippen LogP contribution in [0.5, 0.6) is 0 Å². The Labute approximate surface area is 122 Å². The number of aromatic nitrogens is 4. The third kappa shape index (κ3) is 1.43. The second-order valence-corrected chi connectivity index (χ2v) is 6.75. The Bertz CT molecular complexity index is 702. The summed E-state index contributed by atoms with van der Waals surface area (Å²) >= 11 is 0. The topological polar surface area (TPSA) is 66.0 Å². The first-order valence-electron chi connectivity index (χ1n) is 7.66. The Morgan fingerprint density at radius 3 is 3.00 bits per heavy atom. The van der Waals surface area contributed by atoms with Crippen LogP contribution in [0.25, 0.3) is 0 Å². The van der Waals surface area contributed by atoms with E-state index in [1.54, 1.807) is 4.68 Å². The minimum absolute atomic E-state index is 0.00969. The number of ether oxygens (including phenoxy) is 1. The van der Waals surface area contributed by atoms with Crippen molar-refractivity contribution in [3.8, 4) is 0 Å². The predicted molar refractivity (Wildman–Crippen MR) is 72.6 cm³/mol. The van der Waals surface area contributed by atoms with Gasteiger partial charge in [0.25, 0.3) is 0 Å². The van der Waals surface area contributed by atoms with Crippen molar-refractivity contribution in [1.82, 2.24) is 19.9 Å². The fourth-order valence-electron chi connectivity index (χ4n) is 4.28. The van der Waals surface area contributed by atoms with E-state index < -0.39 is 0 Å². The minimum Gasteiger partial charge on any atom is -0.374 e. The van der Waals surface area contributed by atoms with E-state index in [-0.39, 0.29) is 11.0 Å². The van der Waals surface area contributed by atoms with Gasteiger partial charge in [-0.05, 0) is 31.2 Å². The van der Waals surface area contributed by atoms with Gasteiger partial charge < -0.3 is 9.26 Å². The van der Waals surface area contributed by atoms with Crippen molar-refractivity contribution in [2.75, 3.05) is 6.61 Å². The van der Waals surface area contributed by atoms with Gasteiger partial charge >= 0.3 is 0 Å². The second kappa shape index (κ2) is 3.74. The standard InChI is InChI=1S/C15H18N4O2/c1-19-8-10(7-16-19)5-12-17-13(21-18-12)15-6-11(15)9-20-14(15)3-2-4-14/h7-8,11H,2-6,9H2,1H3/t11-,15-/m0/s1. The van der Waals surface area contributed by atoms with Crippen LogP contribution in [-0.2, 0) is 23.6 Å². The molecule has 21 heavy (non-hydrogen) atoms. The summed E-state index contributed by atoms with van der Waals surface area (Å²) in [5, 5.41) is 8.36. The Morgan fingerprint density at radius 1 is 1.43 bits per heavy atom. The molecule has 0 amide bonds. The van der Waals surface area contributed by atoms with E-state index in [9.17, 15) is 0 Å². The number of fused-ring (bicyclic) bond motifs is 2. The lowest BCUT2D eigenvalue weighted by atomic mass is 9.68. The molecule has 3 aliphatic rings. The summed E-state index contributed by atoms with van der Waals surface area (Å²) in [6.07, 6.45) is 9.20. The highest BCUT2D eigenvalue weighted by Gasteiger charge is 2.77. The van der Waals surface area contributed by atoms with E-state index in [1.165, 1.54) is 6.42 Å². The average Bonchev–Trinajstić information content (AvgIpc) is 2.83. The fraction of sp³-hybridized carbons (Fsp3) is 0.667. The van der Waals surface area contributed by atoms with Crippen molar-refractivity contribution in [3.05, 3.63) is 29.7 Å². The van der Waals surface area contributed by atoms with E-state index in [0.717, 1.165) is 43.1 Å². The Hall–Kier alpha value is -1.69. The molecule has 2 aliphatic carbocycles. The molecule has 0 radical (unpaired) electrons. The van der Waals surface area contributed by atoms with Gasteiger partial charge in [-0.1, -0.05) is 5.16 Å². The number of rotatable bonds is 3. The first-order valence-corrected chi connectivity index (χ1v) is 7.66.